The molecule has 5 heteroatoms. The molecule has 1 aliphatic rings. The molecule has 0 aromatic carbocycles. The van der Waals surface area contributed by atoms with Crippen molar-refractivity contribution in [3.63, 3.8) is 0 Å². The van der Waals surface area contributed by atoms with Gasteiger partial charge in [0.15, 0.2) is 0 Å². The van der Waals surface area contributed by atoms with E-state index in [1.807, 2.05) is 4.90 Å². The molecule has 1 atom stereocenters. The van der Waals surface area contributed by atoms with Gasteiger partial charge in [-0.15, -0.1) is 0 Å². The Morgan fingerprint density at radius 2 is 2.19 bits per heavy atom. The Morgan fingerprint density at radius 3 is 2.69 bits per heavy atom. The molecule has 0 aromatic rings. The number of carboxylic acids is 1. The Morgan fingerprint density at radius 1 is 1.56 bits per heavy atom. The summed E-state index contributed by atoms with van der Waals surface area (Å²) >= 11 is 0. The highest BCUT2D eigenvalue weighted by molar-refractivity contribution is 5.80. The molecule has 0 radical (unpaired) electrons. The quantitative estimate of drug-likeness (QED) is 0.749. The van der Waals surface area contributed by atoms with E-state index in [0.717, 1.165) is 6.54 Å². The van der Waals surface area contributed by atoms with Gasteiger partial charge in [0, 0.05) is 20.1 Å². The van der Waals surface area contributed by atoms with E-state index < -0.39 is 5.97 Å². The minimum Gasteiger partial charge on any atom is -0.481 e. The molecule has 0 spiro atoms. The minimum absolute atomic E-state index is 0.0122. The third kappa shape index (κ3) is 3.48. The van der Waals surface area contributed by atoms with E-state index in [9.17, 15) is 9.59 Å². The second-order valence-electron chi connectivity index (χ2n) is 4.84. The van der Waals surface area contributed by atoms with Crippen LogP contribution in [0.1, 0.15) is 20.3 Å². The number of hydrogen-bond acceptors (Lipinski definition) is 3. The average molecular weight is 228 g/mol. The molecule has 1 saturated heterocycles. The van der Waals surface area contributed by atoms with E-state index >= 15 is 0 Å². The van der Waals surface area contributed by atoms with Crippen molar-refractivity contribution in [3.8, 4) is 0 Å². The van der Waals surface area contributed by atoms with Crippen molar-refractivity contribution in [1.82, 2.24) is 9.80 Å². The molecule has 1 heterocycles. The molecule has 1 amide bonds. The first-order valence-electron chi connectivity index (χ1n) is 5.60. The van der Waals surface area contributed by atoms with E-state index in [1.165, 1.54) is 0 Å². The lowest BCUT2D eigenvalue weighted by molar-refractivity contribution is -0.143. The highest BCUT2D eigenvalue weighted by Gasteiger charge is 2.31. The van der Waals surface area contributed by atoms with Gasteiger partial charge in [-0.25, -0.2) is 0 Å². The van der Waals surface area contributed by atoms with Gasteiger partial charge in [0.25, 0.3) is 0 Å². The number of carboxylic acid groups (broad SMARTS) is 1. The zero-order valence-corrected chi connectivity index (χ0v) is 10.1. The summed E-state index contributed by atoms with van der Waals surface area (Å²) < 4.78 is 0. The Bertz CT molecular complexity index is 278. The van der Waals surface area contributed by atoms with Crippen molar-refractivity contribution >= 4 is 11.9 Å². The van der Waals surface area contributed by atoms with Gasteiger partial charge >= 0.3 is 5.97 Å². The molecule has 16 heavy (non-hydrogen) atoms. The third-order valence-corrected chi connectivity index (χ3v) is 2.80. The summed E-state index contributed by atoms with van der Waals surface area (Å²) in [6, 6.07) is -0.197. The van der Waals surface area contributed by atoms with E-state index in [4.69, 9.17) is 5.11 Å². The zero-order valence-electron chi connectivity index (χ0n) is 10.1. The molecule has 0 aliphatic carbocycles. The lowest BCUT2D eigenvalue weighted by Crippen LogP contribution is -2.55. The van der Waals surface area contributed by atoms with Crippen LogP contribution in [0, 0.1) is 5.92 Å². The number of piperazine rings is 1. The van der Waals surface area contributed by atoms with Gasteiger partial charge in [-0.2, -0.15) is 0 Å². The molecule has 1 rings (SSSR count). The minimum atomic E-state index is -0.851. The number of carbonyl (C=O) groups is 2. The first-order valence-corrected chi connectivity index (χ1v) is 5.60. The third-order valence-electron chi connectivity index (χ3n) is 2.80. The standard InChI is InChI=1S/C11H20N2O3/c1-8(2)5-13-6-9(4-11(15)16)12(3)10(14)7-13/h8-9H,4-7H2,1-3H3,(H,15,16). The van der Waals surface area contributed by atoms with Gasteiger partial charge in [0.1, 0.15) is 0 Å². The molecule has 1 N–H and O–H groups in total. The number of likely N-dealkylation sites (N-methyl/N-ethyl adjacent to an activating group) is 1. The summed E-state index contributed by atoms with van der Waals surface area (Å²) in [6.45, 7) is 6.09. The summed E-state index contributed by atoms with van der Waals surface area (Å²) in [7, 11) is 1.68. The van der Waals surface area contributed by atoms with E-state index in [2.05, 4.69) is 13.8 Å². The number of amides is 1. The number of rotatable bonds is 4. The number of aliphatic carboxylic acids is 1. The first-order chi connectivity index (χ1) is 7.40. The van der Waals surface area contributed by atoms with E-state index in [-0.39, 0.29) is 18.4 Å². The smallest absolute Gasteiger partial charge is 0.305 e. The van der Waals surface area contributed by atoms with Gasteiger partial charge in [0.2, 0.25) is 5.91 Å². The van der Waals surface area contributed by atoms with Crippen molar-refractivity contribution < 1.29 is 14.7 Å². The van der Waals surface area contributed by atoms with Crippen molar-refractivity contribution in [3.05, 3.63) is 0 Å². The predicted molar refractivity (Wildman–Crippen MR) is 60.1 cm³/mol. The molecule has 0 bridgehead atoms. The van der Waals surface area contributed by atoms with Crippen molar-refractivity contribution in [2.24, 2.45) is 5.92 Å². The molecule has 5 nitrogen and oxygen atoms in total. The Labute approximate surface area is 96.0 Å². The molecule has 1 fully saturated rings. The van der Waals surface area contributed by atoms with Crippen LogP contribution in [0.25, 0.3) is 0 Å². The van der Waals surface area contributed by atoms with Crippen LogP contribution in [0.2, 0.25) is 0 Å². The van der Waals surface area contributed by atoms with Crippen molar-refractivity contribution in [2.45, 2.75) is 26.3 Å². The molecular weight excluding hydrogens is 208 g/mol. The number of hydrogen-bond donors (Lipinski definition) is 1. The lowest BCUT2D eigenvalue weighted by atomic mass is 10.1. The SMILES string of the molecule is CC(C)CN1CC(=O)N(C)C(CC(=O)O)C1. The average Bonchev–Trinajstić information content (AvgIpc) is 2.11. The van der Waals surface area contributed by atoms with Crippen molar-refractivity contribution in [2.75, 3.05) is 26.7 Å². The second kappa shape index (κ2) is 5.30. The van der Waals surface area contributed by atoms with Crippen LogP contribution in [-0.4, -0.2) is 59.5 Å². The monoisotopic (exact) mass is 228 g/mol. The second-order valence-corrected chi connectivity index (χ2v) is 4.84. The van der Waals surface area contributed by atoms with Crippen LogP contribution in [0.3, 0.4) is 0 Å². The molecular formula is C11H20N2O3. The summed E-state index contributed by atoms with van der Waals surface area (Å²) in [5, 5.41) is 8.78. The summed E-state index contributed by atoms with van der Waals surface area (Å²) in [5.41, 5.74) is 0. The fourth-order valence-corrected chi connectivity index (χ4v) is 2.05. The Hall–Kier alpha value is -1.10. The summed E-state index contributed by atoms with van der Waals surface area (Å²) in [6.07, 6.45) is 0.0246. The number of nitrogens with zero attached hydrogens (tertiary/aromatic N) is 2. The number of carbonyl (C=O) groups excluding carboxylic acids is 1. The maximum Gasteiger partial charge on any atom is 0.305 e. The van der Waals surface area contributed by atoms with E-state index in [0.29, 0.717) is 19.0 Å². The highest BCUT2D eigenvalue weighted by Crippen LogP contribution is 2.13. The van der Waals surface area contributed by atoms with Crippen LogP contribution in [-0.2, 0) is 9.59 Å². The fraction of sp³-hybridized carbons (Fsp3) is 0.818. The van der Waals surface area contributed by atoms with Gasteiger partial charge in [-0.1, -0.05) is 13.8 Å². The maximum absolute atomic E-state index is 11.7. The van der Waals surface area contributed by atoms with E-state index in [1.54, 1.807) is 11.9 Å². The Balaban J connectivity index is 2.61. The molecule has 1 unspecified atom stereocenters. The van der Waals surface area contributed by atoms with Crippen molar-refractivity contribution in [1.29, 1.82) is 0 Å². The predicted octanol–water partition coefficient (Wildman–Crippen LogP) is 0.260. The largest absolute Gasteiger partial charge is 0.481 e. The normalized spacial score (nSPS) is 22.9. The molecule has 0 aromatic heterocycles. The van der Waals surface area contributed by atoms with Gasteiger partial charge in [-0.05, 0) is 5.92 Å². The van der Waals surface area contributed by atoms with Crippen LogP contribution in [0.4, 0.5) is 0 Å². The first kappa shape index (κ1) is 13.0. The maximum atomic E-state index is 11.7. The molecule has 1 aliphatic heterocycles. The van der Waals surface area contributed by atoms with Crippen LogP contribution < -0.4 is 0 Å². The fourth-order valence-electron chi connectivity index (χ4n) is 2.05. The molecule has 0 saturated carbocycles. The lowest BCUT2D eigenvalue weighted by Gasteiger charge is -2.39. The van der Waals surface area contributed by atoms with Gasteiger partial charge < -0.3 is 10.0 Å². The van der Waals surface area contributed by atoms with Crippen LogP contribution in [0.15, 0.2) is 0 Å². The Kier molecular flexibility index (Phi) is 4.29. The summed E-state index contributed by atoms with van der Waals surface area (Å²) in [5.74, 6) is -0.351. The van der Waals surface area contributed by atoms with Crippen LogP contribution >= 0.6 is 0 Å². The highest BCUT2D eigenvalue weighted by atomic mass is 16.4. The van der Waals surface area contributed by atoms with Gasteiger partial charge in [0.05, 0.1) is 19.0 Å². The summed E-state index contributed by atoms with van der Waals surface area (Å²) in [4.78, 5) is 26.0. The molecule has 92 valence electrons. The topological polar surface area (TPSA) is 60.9 Å². The zero-order chi connectivity index (χ0) is 12.3. The van der Waals surface area contributed by atoms with Crippen LogP contribution in [0.5, 0.6) is 0 Å². The van der Waals surface area contributed by atoms with Gasteiger partial charge in [-0.3, -0.25) is 14.5 Å².